The second kappa shape index (κ2) is 8.80. The van der Waals surface area contributed by atoms with E-state index in [1.54, 1.807) is 5.38 Å². The number of nitrogens with one attached hydrogen (secondary N) is 3. The number of thiocarbonyl (C=S) groups is 1. The van der Waals surface area contributed by atoms with Gasteiger partial charge in [0, 0.05) is 17.0 Å². The Morgan fingerprint density at radius 1 is 1.19 bits per heavy atom. The molecule has 1 aliphatic rings. The summed E-state index contributed by atoms with van der Waals surface area (Å²) in [5, 5.41) is 6.36. The van der Waals surface area contributed by atoms with Crippen molar-refractivity contribution in [2.24, 2.45) is 11.8 Å². The Hall–Kier alpha value is -1.99. The Balaban J connectivity index is 1.52. The Morgan fingerprint density at radius 3 is 2.67 bits per heavy atom. The van der Waals surface area contributed by atoms with E-state index in [9.17, 15) is 4.79 Å². The standard InChI is InChI=1S/C20H26N4OS2/c1-12-7-9-15(10-8-12)19-21-17(11-27-19)18(25)23-24-20(26)22-16-6-4-5-13(2)14(16)3/h7-11,13-14,16H,4-6H2,1-3H3,(H,23,25)(H2,22,24,26). The van der Waals surface area contributed by atoms with Gasteiger partial charge >= 0.3 is 0 Å². The molecule has 2 aromatic rings. The summed E-state index contributed by atoms with van der Waals surface area (Å²) < 4.78 is 0. The summed E-state index contributed by atoms with van der Waals surface area (Å²) in [5.74, 6) is 0.951. The van der Waals surface area contributed by atoms with Crippen LogP contribution in [0.5, 0.6) is 0 Å². The summed E-state index contributed by atoms with van der Waals surface area (Å²) in [6.45, 7) is 6.58. The van der Waals surface area contributed by atoms with Gasteiger partial charge in [-0.05, 0) is 37.4 Å². The van der Waals surface area contributed by atoms with Crippen LogP contribution in [0.2, 0.25) is 0 Å². The van der Waals surface area contributed by atoms with Crippen molar-refractivity contribution in [1.82, 2.24) is 21.2 Å². The predicted molar refractivity (Wildman–Crippen MR) is 115 cm³/mol. The minimum atomic E-state index is -0.293. The average molecular weight is 403 g/mol. The van der Waals surface area contributed by atoms with Gasteiger partial charge in [0.1, 0.15) is 10.7 Å². The molecule has 1 heterocycles. The van der Waals surface area contributed by atoms with Crippen molar-refractivity contribution >= 4 is 34.6 Å². The summed E-state index contributed by atoms with van der Waals surface area (Å²) in [6, 6.07) is 8.45. The minimum Gasteiger partial charge on any atom is -0.358 e. The number of hydrogen-bond donors (Lipinski definition) is 3. The second-order valence-electron chi connectivity index (χ2n) is 7.33. The number of carbonyl (C=O) groups excluding carboxylic acids is 1. The van der Waals surface area contributed by atoms with Crippen molar-refractivity contribution in [2.45, 2.75) is 46.1 Å². The largest absolute Gasteiger partial charge is 0.358 e. The van der Waals surface area contributed by atoms with Crippen molar-refractivity contribution < 1.29 is 4.79 Å². The van der Waals surface area contributed by atoms with Crippen LogP contribution in [0.15, 0.2) is 29.6 Å². The molecule has 3 rings (SSSR count). The lowest BCUT2D eigenvalue weighted by Gasteiger charge is -2.35. The van der Waals surface area contributed by atoms with Gasteiger partial charge in [-0.15, -0.1) is 11.3 Å². The summed E-state index contributed by atoms with van der Waals surface area (Å²) >= 11 is 6.79. The van der Waals surface area contributed by atoms with Crippen LogP contribution in [-0.2, 0) is 0 Å². The Morgan fingerprint density at radius 2 is 1.93 bits per heavy atom. The molecule has 27 heavy (non-hydrogen) atoms. The summed E-state index contributed by atoms with van der Waals surface area (Å²) in [6.07, 6.45) is 3.58. The first-order chi connectivity index (χ1) is 12.9. The van der Waals surface area contributed by atoms with Crippen LogP contribution >= 0.6 is 23.6 Å². The third-order valence-electron chi connectivity index (χ3n) is 5.35. The monoisotopic (exact) mass is 402 g/mol. The molecule has 3 unspecified atom stereocenters. The van der Waals surface area contributed by atoms with Gasteiger partial charge in [-0.2, -0.15) is 0 Å². The topological polar surface area (TPSA) is 66.0 Å². The molecule has 1 aliphatic carbocycles. The van der Waals surface area contributed by atoms with Crippen molar-refractivity contribution in [1.29, 1.82) is 0 Å². The van der Waals surface area contributed by atoms with Crippen molar-refractivity contribution in [3.8, 4) is 10.6 Å². The molecule has 0 saturated heterocycles. The van der Waals surface area contributed by atoms with Crippen molar-refractivity contribution in [3.05, 3.63) is 40.9 Å². The highest BCUT2D eigenvalue weighted by Gasteiger charge is 2.27. The number of aromatic nitrogens is 1. The van der Waals surface area contributed by atoms with E-state index in [4.69, 9.17) is 12.2 Å². The van der Waals surface area contributed by atoms with Crippen LogP contribution in [0, 0.1) is 18.8 Å². The fourth-order valence-electron chi connectivity index (χ4n) is 3.37. The van der Waals surface area contributed by atoms with Gasteiger partial charge in [0.05, 0.1) is 0 Å². The summed E-state index contributed by atoms with van der Waals surface area (Å²) in [4.78, 5) is 16.8. The molecule has 0 bridgehead atoms. The number of rotatable bonds is 3. The molecule has 1 aromatic carbocycles. The van der Waals surface area contributed by atoms with Crippen molar-refractivity contribution in [2.75, 3.05) is 0 Å². The number of carbonyl (C=O) groups is 1. The lowest BCUT2D eigenvalue weighted by molar-refractivity contribution is 0.0939. The van der Waals surface area contributed by atoms with Gasteiger partial charge in [-0.25, -0.2) is 4.98 Å². The highest BCUT2D eigenvalue weighted by Crippen LogP contribution is 2.29. The molecule has 1 amide bonds. The molecule has 0 aliphatic heterocycles. The van der Waals surface area contributed by atoms with Crippen molar-refractivity contribution in [3.63, 3.8) is 0 Å². The third-order valence-corrected chi connectivity index (χ3v) is 6.46. The minimum absolute atomic E-state index is 0.293. The number of amides is 1. The maximum Gasteiger partial charge on any atom is 0.289 e. The highest BCUT2D eigenvalue weighted by atomic mass is 32.1. The van der Waals surface area contributed by atoms with Crippen LogP contribution in [0.4, 0.5) is 0 Å². The molecular weight excluding hydrogens is 376 g/mol. The van der Waals surface area contributed by atoms with Gasteiger partial charge in [-0.1, -0.05) is 56.5 Å². The SMILES string of the molecule is Cc1ccc(-c2nc(C(=O)NNC(=S)NC3CCCC(C)C3C)cs2)cc1. The molecule has 1 saturated carbocycles. The van der Waals surface area contributed by atoms with E-state index in [1.165, 1.54) is 29.7 Å². The first-order valence-corrected chi connectivity index (χ1v) is 10.6. The zero-order chi connectivity index (χ0) is 19.4. The number of thiazole rings is 1. The number of hydrazine groups is 1. The van der Waals surface area contributed by atoms with E-state index in [0.29, 0.717) is 28.7 Å². The summed E-state index contributed by atoms with van der Waals surface area (Å²) in [7, 11) is 0. The van der Waals surface area contributed by atoms with E-state index in [0.717, 1.165) is 17.0 Å². The van der Waals surface area contributed by atoms with Gasteiger partial charge in [0.25, 0.3) is 5.91 Å². The van der Waals surface area contributed by atoms with Gasteiger partial charge in [0.2, 0.25) is 0 Å². The van der Waals surface area contributed by atoms with E-state index in [-0.39, 0.29) is 5.91 Å². The first kappa shape index (κ1) is 19.8. The number of nitrogens with zero attached hydrogens (tertiary/aromatic N) is 1. The normalized spacial score (nSPS) is 22.1. The molecule has 0 spiro atoms. The zero-order valence-corrected chi connectivity index (χ0v) is 17.5. The number of hydrogen-bond acceptors (Lipinski definition) is 4. The quantitative estimate of drug-likeness (QED) is 0.534. The number of aryl methyl sites for hydroxylation is 1. The van der Waals surface area contributed by atoms with E-state index in [1.807, 2.05) is 31.2 Å². The van der Waals surface area contributed by atoms with Crippen LogP contribution < -0.4 is 16.2 Å². The van der Waals surface area contributed by atoms with Gasteiger partial charge in [0.15, 0.2) is 5.11 Å². The van der Waals surface area contributed by atoms with Crippen LogP contribution in [0.3, 0.4) is 0 Å². The summed E-state index contributed by atoms with van der Waals surface area (Å²) in [5.41, 5.74) is 8.03. The highest BCUT2D eigenvalue weighted by molar-refractivity contribution is 7.80. The van der Waals surface area contributed by atoms with Crippen LogP contribution in [-0.4, -0.2) is 22.0 Å². The Bertz CT molecular complexity index is 803. The second-order valence-corrected chi connectivity index (χ2v) is 8.60. The lowest BCUT2D eigenvalue weighted by atomic mass is 9.78. The first-order valence-electron chi connectivity index (χ1n) is 9.33. The molecule has 3 N–H and O–H groups in total. The van der Waals surface area contributed by atoms with Crippen LogP contribution in [0.25, 0.3) is 10.6 Å². The fraction of sp³-hybridized carbons (Fsp3) is 0.450. The van der Waals surface area contributed by atoms with E-state index >= 15 is 0 Å². The average Bonchev–Trinajstić information content (AvgIpc) is 3.14. The smallest absolute Gasteiger partial charge is 0.289 e. The fourth-order valence-corrected chi connectivity index (χ4v) is 4.38. The lowest BCUT2D eigenvalue weighted by Crippen LogP contribution is -2.52. The van der Waals surface area contributed by atoms with Crippen LogP contribution in [0.1, 0.15) is 49.2 Å². The Labute approximate surface area is 169 Å². The molecule has 5 nitrogen and oxygen atoms in total. The molecule has 3 atom stereocenters. The molecular formula is C20H26N4OS2. The molecule has 144 valence electrons. The van der Waals surface area contributed by atoms with Gasteiger partial charge in [-0.3, -0.25) is 15.6 Å². The van der Waals surface area contributed by atoms with E-state index < -0.39 is 0 Å². The molecule has 0 radical (unpaired) electrons. The van der Waals surface area contributed by atoms with E-state index in [2.05, 4.69) is 35.0 Å². The van der Waals surface area contributed by atoms with Gasteiger partial charge < -0.3 is 5.32 Å². The zero-order valence-electron chi connectivity index (χ0n) is 15.9. The third kappa shape index (κ3) is 5.05. The molecule has 7 heteroatoms. The predicted octanol–water partition coefficient (Wildman–Crippen LogP) is 4.05. The number of benzene rings is 1. The molecule has 1 aromatic heterocycles. The maximum atomic E-state index is 12.3. The Kier molecular flexibility index (Phi) is 6.44. The molecule has 1 fully saturated rings. The maximum absolute atomic E-state index is 12.3.